The molecule has 0 aliphatic rings. The molecule has 2 rings (SSSR count). The number of ether oxygens (including phenoxy) is 2. The molecule has 0 fully saturated rings. The maximum Gasteiger partial charge on any atom is 0.307 e. The summed E-state index contributed by atoms with van der Waals surface area (Å²) in [6.45, 7) is -0.508. The lowest BCUT2D eigenvalue weighted by Crippen LogP contribution is -2.22. The Bertz CT molecular complexity index is 894. The Morgan fingerprint density at radius 1 is 1.04 bits per heavy atom. The maximum atomic E-state index is 12.1. The minimum atomic E-state index is -3.64. The number of hydrogen-bond donors (Lipinski definition) is 1. The van der Waals surface area contributed by atoms with Gasteiger partial charge < -0.3 is 14.8 Å². The lowest BCUT2D eigenvalue weighted by Gasteiger charge is -2.08. The van der Waals surface area contributed by atoms with E-state index in [0.717, 1.165) is 0 Å². The molecule has 2 aromatic rings. The molecule has 0 saturated carbocycles. The Morgan fingerprint density at radius 2 is 1.67 bits per heavy atom. The number of anilines is 1. The number of carbonyl (C=O) groups is 2. The van der Waals surface area contributed by atoms with Gasteiger partial charge in [-0.05, 0) is 48.5 Å². The smallest absolute Gasteiger partial charge is 0.307 e. The number of halogens is 1. The predicted octanol–water partition coefficient (Wildman–Crippen LogP) is 2.69. The molecule has 144 valence electrons. The topological polar surface area (TPSA) is 98.8 Å². The van der Waals surface area contributed by atoms with E-state index in [-0.39, 0.29) is 11.3 Å². The monoisotopic (exact) mass is 411 g/mol. The molecule has 2 aromatic carbocycles. The van der Waals surface area contributed by atoms with Crippen molar-refractivity contribution in [3.63, 3.8) is 0 Å². The first-order valence-electron chi connectivity index (χ1n) is 7.88. The van der Waals surface area contributed by atoms with Crippen LogP contribution in [0.15, 0.2) is 53.4 Å². The van der Waals surface area contributed by atoms with E-state index >= 15 is 0 Å². The van der Waals surface area contributed by atoms with E-state index in [9.17, 15) is 18.0 Å². The molecule has 0 aliphatic heterocycles. The number of amides is 1. The second-order valence-electron chi connectivity index (χ2n) is 5.46. The number of hydrogen-bond acceptors (Lipinski definition) is 6. The van der Waals surface area contributed by atoms with Crippen LogP contribution in [0, 0.1) is 0 Å². The van der Waals surface area contributed by atoms with E-state index in [2.05, 4.69) is 5.32 Å². The van der Waals surface area contributed by atoms with Crippen LogP contribution >= 0.6 is 11.6 Å². The van der Waals surface area contributed by atoms with E-state index in [1.54, 1.807) is 24.3 Å². The van der Waals surface area contributed by atoms with E-state index in [0.29, 0.717) is 16.5 Å². The zero-order chi connectivity index (χ0) is 19.9. The van der Waals surface area contributed by atoms with Crippen LogP contribution < -0.4 is 10.1 Å². The molecule has 0 atom stereocenters. The lowest BCUT2D eigenvalue weighted by atomic mass is 10.3. The van der Waals surface area contributed by atoms with E-state index < -0.39 is 34.1 Å². The van der Waals surface area contributed by atoms with Gasteiger partial charge in [0.05, 0.1) is 24.2 Å². The summed E-state index contributed by atoms with van der Waals surface area (Å²) < 4.78 is 34.1. The van der Waals surface area contributed by atoms with Gasteiger partial charge >= 0.3 is 5.97 Å². The lowest BCUT2D eigenvalue weighted by molar-refractivity contribution is -0.146. The molecule has 0 heterocycles. The number of methoxy groups -OCH3 is 1. The number of carbonyl (C=O) groups excluding carboxylic acids is 2. The number of nitrogens with one attached hydrogen (secondary N) is 1. The summed E-state index contributed by atoms with van der Waals surface area (Å²) in [5.41, 5.74) is 0.516. The van der Waals surface area contributed by atoms with Crippen molar-refractivity contribution < 1.29 is 27.5 Å². The third kappa shape index (κ3) is 6.58. The third-order valence-electron chi connectivity index (χ3n) is 3.49. The van der Waals surface area contributed by atoms with Gasteiger partial charge in [-0.25, -0.2) is 8.42 Å². The van der Waals surface area contributed by atoms with Crippen LogP contribution in [0.25, 0.3) is 0 Å². The Balaban J connectivity index is 1.78. The molecule has 1 N–H and O–H groups in total. The fourth-order valence-electron chi connectivity index (χ4n) is 2.07. The van der Waals surface area contributed by atoms with Crippen molar-refractivity contribution in [2.75, 3.05) is 24.8 Å². The van der Waals surface area contributed by atoms with Gasteiger partial charge in [-0.15, -0.1) is 0 Å². The molecule has 1 amide bonds. The standard InChI is InChI=1S/C18H18ClNO6S/c1-25-15-6-4-14(5-7-15)20-17(21)12-26-18(22)10-11-27(23,24)16-8-2-13(19)3-9-16/h2-9H,10-12H2,1H3,(H,20,21). The second kappa shape index (κ2) is 9.38. The van der Waals surface area contributed by atoms with Gasteiger partial charge in [-0.2, -0.15) is 0 Å². The summed E-state index contributed by atoms with van der Waals surface area (Å²) in [5, 5.41) is 2.96. The average Bonchev–Trinajstić information content (AvgIpc) is 2.66. The Kier molecular flexibility index (Phi) is 7.20. The zero-order valence-corrected chi connectivity index (χ0v) is 16.0. The molecule has 0 aliphatic carbocycles. The highest BCUT2D eigenvalue weighted by Crippen LogP contribution is 2.16. The summed E-state index contributed by atoms with van der Waals surface area (Å²) in [4.78, 5) is 23.6. The minimum Gasteiger partial charge on any atom is -0.497 e. The fraction of sp³-hybridized carbons (Fsp3) is 0.222. The zero-order valence-electron chi connectivity index (χ0n) is 14.5. The summed E-state index contributed by atoms with van der Waals surface area (Å²) >= 11 is 5.72. The first-order chi connectivity index (χ1) is 12.8. The van der Waals surface area contributed by atoms with Crippen molar-refractivity contribution in [3.05, 3.63) is 53.6 Å². The molecule has 0 bridgehead atoms. The summed E-state index contributed by atoms with van der Waals surface area (Å²) in [7, 11) is -2.11. The molecular weight excluding hydrogens is 394 g/mol. The van der Waals surface area contributed by atoms with Crippen molar-refractivity contribution in [1.82, 2.24) is 0 Å². The van der Waals surface area contributed by atoms with Crippen LogP contribution in [0.4, 0.5) is 5.69 Å². The highest BCUT2D eigenvalue weighted by molar-refractivity contribution is 7.91. The third-order valence-corrected chi connectivity index (χ3v) is 5.47. The van der Waals surface area contributed by atoms with Crippen molar-refractivity contribution >= 4 is 39.0 Å². The van der Waals surface area contributed by atoms with Crippen molar-refractivity contribution in [2.45, 2.75) is 11.3 Å². The largest absolute Gasteiger partial charge is 0.497 e. The van der Waals surface area contributed by atoms with Crippen LogP contribution in [0.5, 0.6) is 5.75 Å². The van der Waals surface area contributed by atoms with Gasteiger partial charge in [0.25, 0.3) is 5.91 Å². The van der Waals surface area contributed by atoms with Crippen LogP contribution in [-0.4, -0.2) is 39.8 Å². The second-order valence-corrected chi connectivity index (χ2v) is 8.01. The van der Waals surface area contributed by atoms with Crippen LogP contribution in [-0.2, 0) is 24.2 Å². The molecule has 0 saturated heterocycles. The van der Waals surface area contributed by atoms with Crippen molar-refractivity contribution in [1.29, 1.82) is 0 Å². The molecule has 0 radical (unpaired) electrons. The average molecular weight is 412 g/mol. The molecule has 0 spiro atoms. The summed E-state index contributed by atoms with van der Waals surface area (Å²) in [5.74, 6) is -1.10. The van der Waals surface area contributed by atoms with E-state index in [1.807, 2.05) is 0 Å². The molecule has 27 heavy (non-hydrogen) atoms. The summed E-state index contributed by atoms with van der Waals surface area (Å²) in [6.07, 6.45) is -0.360. The Labute approximate surface area is 162 Å². The molecule has 0 aromatic heterocycles. The van der Waals surface area contributed by atoms with Gasteiger partial charge in [0, 0.05) is 10.7 Å². The highest BCUT2D eigenvalue weighted by atomic mass is 35.5. The van der Waals surface area contributed by atoms with Gasteiger partial charge in [0.2, 0.25) is 0 Å². The normalized spacial score (nSPS) is 10.9. The number of sulfone groups is 1. The molecule has 7 nitrogen and oxygen atoms in total. The highest BCUT2D eigenvalue weighted by Gasteiger charge is 2.17. The van der Waals surface area contributed by atoms with Gasteiger partial charge in [0.1, 0.15) is 5.75 Å². The quantitative estimate of drug-likeness (QED) is 0.670. The molecular formula is C18H18ClNO6S. The number of esters is 1. The number of benzene rings is 2. The van der Waals surface area contributed by atoms with Gasteiger partial charge in [-0.1, -0.05) is 11.6 Å². The first kappa shape index (κ1) is 20.7. The Hall–Kier alpha value is -2.58. The predicted molar refractivity (Wildman–Crippen MR) is 101 cm³/mol. The van der Waals surface area contributed by atoms with Crippen molar-refractivity contribution in [3.8, 4) is 5.75 Å². The summed E-state index contributed by atoms with van der Waals surface area (Å²) in [6, 6.07) is 12.3. The molecule has 9 heteroatoms. The SMILES string of the molecule is COc1ccc(NC(=O)COC(=O)CCS(=O)(=O)c2ccc(Cl)cc2)cc1. The maximum absolute atomic E-state index is 12.1. The number of rotatable bonds is 8. The van der Waals surface area contributed by atoms with Crippen LogP contribution in [0.1, 0.15) is 6.42 Å². The van der Waals surface area contributed by atoms with Crippen LogP contribution in [0.2, 0.25) is 5.02 Å². The first-order valence-corrected chi connectivity index (χ1v) is 9.91. The minimum absolute atomic E-state index is 0.0666. The Morgan fingerprint density at radius 3 is 2.26 bits per heavy atom. The fourth-order valence-corrected chi connectivity index (χ4v) is 3.41. The van der Waals surface area contributed by atoms with E-state index in [4.69, 9.17) is 21.1 Å². The molecule has 0 unspecified atom stereocenters. The van der Waals surface area contributed by atoms with E-state index in [1.165, 1.54) is 31.4 Å². The van der Waals surface area contributed by atoms with Gasteiger partial charge in [0.15, 0.2) is 16.4 Å². The van der Waals surface area contributed by atoms with Crippen LogP contribution in [0.3, 0.4) is 0 Å². The van der Waals surface area contributed by atoms with Crippen molar-refractivity contribution in [2.24, 2.45) is 0 Å². The van der Waals surface area contributed by atoms with Gasteiger partial charge in [-0.3, -0.25) is 9.59 Å².